The molecule has 1 fully saturated rings. The number of halogens is 3. The smallest absolute Gasteiger partial charge is 0.389 e. The fraction of sp³-hybridized carbons (Fsp3) is 1.00. The number of aliphatic hydroxyl groups is 1. The van der Waals surface area contributed by atoms with Crippen molar-refractivity contribution in [3.63, 3.8) is 0 Å². The van der Waals surface area contributed by atoms with E-state index in [4.69, 9.17) is 4.74 Å². The van der Waals surface area contributed by atoms with Gasteiger partial charge in [-0.05, 0) is 32.1 Å². The minimum absolute atomic E-state index is 0.00662. The summed E-state index contributed by atoms with van der Waals surface area (Å²) in [6, 6.07) is 0. The van der Waals surface area contributed by atoms with E-state index < -0.39 is 17.8 Å². The largest absolute Gasteiger partial charge is 0.406 e. The van der Waals surface area contributed by atoms with Gasteiger partial charge in [0.05, 0.1) is 18.8 Å². The monoisotopic (exact) mass is 283 g/mol. The SMILES string of the molecule is CC(C)CC(C)OCC(O)CNC1(C(F)(F)F)CC1. The highest BCUT2D eigenvalue weighted by Crippen LogP contribution is 2.48. The molecule has 0 spiro atoms. The van der Waals surface area contributed by atoms with Crippen LogP contribution in [0.4, 0.5) is 13.2 Å². The Balaban J connectivity index is 2.20. The van der Waals surface area contributed by atoms with Crippen LogP contribution in [0.25, 0.3) is 0 Å². The molecule has 0 amide bonds. The van der Waals surface area contributed by atoms with Crippen molar-refractivity contribution in [2.45, 2.75) is 64.0 Å². The van der Waals surface area contributed by atoms with Crippen molar-refractivity contribution in [1.29, 1.82) is 0 Å². The summed E-state index contributed by atoms with van der Waals surface area (Å²) < 4.78 is 43.3. The molecule has 2 atom stereocenters. The van der Waals surface area contributed by atoms with Crippen LogP contribution in [0.3, 0.4) is 0 Å². The van der Waals surface area contributed by atoms with Gasteiger partial charge in [0.25, 0.3) is 0 Å². The van der Waals surface area contributed by atoms with Crippen LogP contribution in [0.1, 0.15) is 40.0 Å². The molecule has 0 aromatic heterocycles. The van der Waals surface area contributed by atoms with Crippen LogP contribution in [0.5, 0.6) is 0 Å². The molecule has 19 heavy (non-hydrogen) atoms. The van der Waals surface area contributed by atoms with Gasteiger partial charge < -0.3 is 15.2 Å². The summed E-state index contributed by atoms with van der Waals surface area (Å²) in [7, 11) is 0. The van der Waals surface area contributed by atoms with E-state index in [0.717, 1.165) is 6.42 Å². The molecule has 3 nitrogen and oxygen atoms in total. The Kier molecular flexibility index (Phi) is 5.65. The second-order valence-corrected chi connectivity index (χ2v) is 5.89. The zero-order valence-electron chi connectivity index (χ0n) is 11.8. The van der Waals surface area contributed by atoms with Gasteiger partial charge in [0.2, 0.25) is 0 Å². The Labute approximate surface area is 112 Å². The van der Waals surface area contributed by atoms with Gasteiger partial charge in [0, 0.05) is 6.54 Å². The first-order valence-corrected chi connectivity index (χ1v) is 6.78. The molecule has 1 aliphatic carbocycles. The lowest BCUT2D eigenvalue weighted by Gasteiger charge is -2.23. The number of ether oxygens (including phenoxy) is 1. The Morgan fingerprint density at radius 3 is 2.26 bits per heavy atom. The lowest BCUT2D eigenvalue weighted by atomic mass is 10.1. The maximum Gasteiger partial charge on any atom is 0.406 e. The number of alkyl halides is 3. The van der Waals surface area contributed by atoms with Gasteiger partial charge in [-0.1, -0.05) is 13.8 Å². The predicted octanol–water partition coefficient (Wildman–Crippen LogP) is 2.48. The van der Waals surface area contributed by atoms with E-state index >= 15 is 0 Å². The Bertz CT molecular complexity index is 278. The lowest BCUT2D eigenvalue weighted by Crippen LogP contribution is -2.48. The van der Waals surface area contributed by atoms with Crippen molar-refractivity contribution < 1.29 is 23.0 Å². The van der Waals surface area contributed by atoms with Crippen molar-refractivity contribution in [2.75, 3.05) is 13.2 Å². The van der Waals surface area contributed by atoms with Crippen molar-refractivity contribution in [1.82, 2.24) is 5.32 Å². The molecule has 0 aromatic rings. The normalized spacial score (nSPS) is 21.5. The van der Waals surface area contributed by atoms with E-state index in [-0.39, 0.29) is 32.1 Å². The molecule has 0 aromatic carbocycles. The molecule has 0 saturated heterocycles. The molecule has 114 valence electrons. The summed E-state index contributed by atoms with van der Waals surface area (Å²) >= 11 is 0. The Morgan fingerprint density at radius 2 is 1.84 bits per heavy atom. The molecule has 0 aliphatic heterocycles. The summed E-state index contributed by atoms with van der Waals surface area (Å²) in [4.78, 5) is 0. The first-order valence-electron chi connectivity index (χ1n) is 6.78. The predicted molar refractivity (Wildman–Crippen MR) is 66.9 cm³/mol. The summed E-state index contributed by atoms with van der Waals surface area (Å²) in [5.74, 6) is 0.491. The summed E-state index contributed by atoms with van der Waals surface area (Å²) in [5, 5.41) is 12.1. The Hall–Kier alpha value is -0.330. The topological polar surface area (TPSA) is 41.5 Å². The maximum absolute atomic E-state index is 12.6. The van der Waals surface area contributed by atoms with Crippen molar-refractivity contribution in [2.24, 2.45) is 5.92 Å². The third-order valence-corrected chi connectivity index (χ3v) is 3.35. The summed E-state index contributed by atoms with van der Waals surface area (Å²) in [6.45, 7) is 6.01. The second-order valence-electron chi connectivity index (χ2n) is 5.89. The number of β-amino-alcohol motifs (C(OH)–C–C–N with tert-alkyl or cyclic N) is 1. The number of hydrogen-bond donors (Lipinski definition) is 2. The van der Waals surface area contributed by atoms with Crippen LogP contribution in [-0.2, 0) is 4.74 Å². The number of rotatable bonds is 8. The van der Waals surface area contributed by atoms with Gasteiger partial charge in [-0.2, -0.15) is 13.2 Å². The molecular weight excluding hydrogens is 259 g/mol. The molecule has 6 heteroatoms. The highest BCUT2D eigenvalue weighted by atomic mass is 19.4. The zero-order valence-corrected chi connectivity index (χ0v) is 11.8. The second kappa shape index (κ2) is 6.41. The highest BCUT2D eigenvalue weighted by molar-refractivity contribution is 5.08. The van der Waals surface area contributed by atoms with Crippen molar-refractivity contribution in [3.05, 3.63) is 0 Å². The maximum atomic E-state index is 12.6. The van der Waals surface area contributed by atoms with Crippen LogP contribution in [0.2, 0.25) is 0 Å². The summed E-state index contributed by atoms with van der Waals surface area (Å²) in [6.07, 6.45) is -4.09. The molecule has 0 radical (unpaired) electrons. The molecular formula is C13H24F3NO2. The minimum Gasteiger partial charge on any atom is -0.389 e. The van der Waals surface area contributed by atoms with Crippen LogP contribution in [-0.4, -0.2) is 42.2 Å². The van der Waals surface area contributed by atoms with Gasteiger partial charge in [-0.25, -0.2) is 0 Å². The van der Waals surface area contributed by atoms with Crippen molar-refractivity contribution >= 4 is 0 Å². The first kappa shape index (κ1) is 16.7. The molecule has 0 bridgehead atoms. The van der Waals surface area contributed by atoms with E-state index in [0.29, 0.717) is 5.92 Å². The number of nitrogens with one attached hydrogen (secondary N) is 1. The van der Waals surface area contributed by atoms with E-state index in [1.54, 1.807) is 0 Å². The van der Waals surface area contributed by atoms with E-state index in [9.17, 15) is 18.3 Å². The lowest BCUT2D eigenvalue weighted by molar-refractivity contribution is -0.167. The summed E-state index contributed by atoms with van der Waals surface area (Å²) in [5.41, 5.74) is -1.77. The molecule has 0 heterocycles. The molecule has 2 unspecified atom stereocenters. The molecule has 1 rings (SSSR count). The van der Waals surface area contributed by atoms with E-state index in [1.165, 1.54) is 0 Å². The van der Waals surface area contributed by atoms with Crippen LogP contribution < -0.4 is 5.32 Å². The minimum atomic E-state index is -4.24. The standard InChI is InChI=1S/C13H24F3NO2/c1-9(2)6-10(3)19-8-11(18)7-17-12(4-5-12)13(14,15)16/h9-11,17-18H,4-8H2,1-3H3. The molecule has 1 saturated carbocycles. The average Bonchev–Trinajstić information content (AvgIpc) is 3.02. The zero-order chi connectivity index (χ0) is 14.7. The van der Waals surface area contributed by atoms with Crippen molar-refractivity contribution in [3.8, 4) is 0 Å². The van der Waals surface area contributed by atoms with Crippen LogP contribution in [0.15, 0.2) is 0 Å². The third-order valence-electron chi connectivity index (χ3n) is 3.35. The van der Waals surface area contributed by atoms with Gasteiger partial charge in [-0.3, -0.25) is 0 Å². The fourth-order valence-electron chi connectivity index (χ4n) is 2.06. The molecule has 1 aliphatic rings. The number of aliphatic hydroxyl groups excluding tert-OH is 1. The quantitative estimate of drug-likeness (QED) is 0.719. The third kappa shape index (κ3) is 5.28. The average molecular weight is 283 g/mol. The van der Waals surface area contributed by atoms with Crippen LogP contribution in [0, 0.1) is 5.92 Å². The van der Waals surface area contributed by atoms with E-state index in [1.807, 2.05) is 6.92 Å². The van der Waals surface area contributed by atoms with Crippen LogP contribution >= 0.6 is 0 Å². The molecule has 2 N–H and O–H groups in total. The van der Waals surface area contributed by atoms with Gasteiger partial charge >= 0.3 is 6.18 Å². The van der Waals surface area contributed by atoms with Gasteiger partial charge in [0.1, 0.15) is 5.54 Å². The number of hydrogen-bond acceptors (Lipinski definition) is 3. The fourth-order valence-corrected chi connectivity index (χ4v) is 2.06. The Morgan fingerprint density at radius 1 is 1.26 bits per heavy atom. The van der Waals surface area contributed by atoms with E-state index in [2.05, 4.69) is 19.2 Å². The highest BCUT2D eigenvalue weighted by Gasteiger charge is 2.63. The van der Waals surface area contributed by atoms with Gasteiger partial charge in [-0.15, -0.1) is 0 Å². The first-order chi connectivity index (χ1) is 8.66. The van der Waals surface area contributed by atoms with Gasteiger partial charge in [0.15, 0.2) is 0 Å².